The second-order valence-corrected chi connectivity index (χ2v) is 5.63. The molecule has 0 aromatic carbocycles. The van der Waals surface area contributed by atoms with Gasteiger partial charge in [-0.15, -0.1) is 16.4 Å². The molecule has 0 atom stereocenters. The van der Waals surface area contributed by atoms with Crippen LogP contribution in [0, 0.1) is 0 Å². The number of hydrogen-bond acceptors (Lipinski definition) is 7. The zero-order valence-corrected chi connectivity index (χ0v) is 12.1. The Morgan fingerprint density at radius 2 is 2.32 bits per heavy atom. The number of fused-ring (bicyclic) bond motifs is 1. The van der Waals surface area contributed by atoms with E-state index in [4.69, 9.17) is 10.5 Å². The van der Waals surface area contributed by atoms with E-state index in [1.807, 2.05) is 12.1 Å². The van der Waals surface area contributed by atoms with Crippen LogP contribution in [0.5, 0.6) is 5.75 Å². The number of hydrazone groups is 1. The van der Waals surface area contributed by atoms with Gasteiger partial charge in [-0.3, -0.25) is 10.5 Å². The first kappa shape index (κ1) is 12.7. The molecular formula is C14H10N6OS. The van der Waals surface area contributed by atoms with E-state index >= 15 is 0 Å². The number of aromatic amines is 1. The van der Waals surface area contributed by atoms with Crippen LogP contribution in [-0.4, -0.2) is 21.1 Å². The number of pyridine rings is 1. The van der Waals surface area contributed by atoms with Gasteiger partial charge in [-0.25, -0.2) is 4.98 Å². The lowest BCUT2D eigenvalue weighted by atomic mass is 10.3. The molecule has 0 radical (unpaired) electrons. The van der Waals surface area contributed by atoms with Gasteiger partial charge in [0, 0.05) is 12.3 Å². The molecule has 1 aliphatic rings. The number of hydrogen-bond donors (Lipinski definition) is 3. The first-order valence-corrected chi connectivity index (χ1v) is 7.26. The summed E-state index contributed by atoms with van der Waals surface area (Å²) in [4.78, 5) is 5.29. The Bertz CT molecular complexity index is 945. The molecule has 0 aliphatic carbocycles. The van der Waals surface area contributed by atoms with Crippen LogP contribution in [0.25, 0.3) is 15.9 Å². The normalized spacial score (nSPS) is 12.6. The highest BCUT2D eigenvalue weighted by molar-refractivity contribution is 7.20. The molecular weight excluding hydrogens is 300 g/mol. The number of anilines is 1. The first-order chi connectivity index (χ1) is 10.8. The van der Waals surface area contributed by atoms with Crippen molar-refractivity contribution in [3.8, 4) is 5.75 Å². The molecule has 8 heteroatoms. The minimum absolute atomic E-state index is 0.385. The Balaban J connectivity index is 1.73. The monoisotopic (exact) mass is 310 g/mol. The number of rotatable bonds is 4. The Labute approximate surface area is 128 Å². The van der Waals surface area contributed by atoms with Gasteiger partial charge >= 0.3 is 0 Å². The second-order valence-electron chi connectivity index (χ2n) is 4.58. The zero-order chi connectivity index (χ0) is 14.9. The van der Waals surface area contributed by atoms with Crippen LogP contribution in [-0.2, 0) is 6.61 Å². The molecule has 3 aromatic rings. The van der Waals surface area contributed by atoms with Gasteiger partial charge in [0.1, 0.15) is 23.9 Å². The highest BCUT2D eigenvalue weighted by Gasteiger charge is 2.14. The number of aromatic nitrogens is 3. The average molecular weight is 310 g/mol. The minimum Gasteiger partial charge on any atom is -0.486 e. The van der Waals surface area contributed by atoms with Crippen molar-refractivity contribution in [3.63, 3.8) is 0 Å². The standard InChI is InChI=1S/C14H10N6OS/c15-13-6-11(21-7-8-1-3-16-19-8)14-10(18-13)5-12(22-14)9-2-4-17-20-9/h1,3,5-6,20H,7H2,(H2,15,18)(H,16,19). The summed E-state index contributed by atoms with van der Waals surface area (Å²) in [5, 5.41) is 10.5. The maximum Gasteiger partial charge on any atom is 0.142 e. The van der Waals surface area contributed by atoms with Gasteiger partial charge in [-0.05, 0) is 17.9 Å². The Morgan fingerprint density at radius 3 is 3.09 bits per heavy atom. The van der Waals surface area contributed by atoms with E-state index in [0.29, 0.717) is 18.2 Å². The SMILES string of the molecule is Nc1cc(OCc2ccn[nH]2)c2sc(C3=C=C=NN3)cc2n1. The lowest BCUT2D eigenvalue weighted by Crippen LogP contribution is -1.98. The maximum absolute atomic E-state index is 5.86. The summed E-state index contributed by atoms with van der Waals surface area (Å²) in [6.45, 7) is 0.385. The van der Waals surface area contributed by atoms with E-state index in [1.54, 1.807) is 12.3 Å². The van der Waals surface area contributed by atoms with Crippen LogP contribution >= 0.6 is 11.3 Å². The molecule has 0 bridgehead atoms. The van der Waals surface area contributed by atoms with Crippen molar-refractivity contribution in [1.29, 1.82) is 0 Å². The van der Waals surface area contributed by atoms with E-state index in [2.05, 4.69) is 37.3 Å². The Hall–Kier alpha value is -3.05. The number of ether oxygens (including phenoxy) is 1. The van der Waals surface area contributed by atoms with E-state index in [-0.39, 0.29) is 0 Å². The molecule has 4 rings (SSSR count). The van der Waals surface area contributed by atoms with Crippen molar-refractivity contribution >= 4 is 38.9 Å². The summed E-state index contributed by atoms with van der Waals surface area (Å²) in [5.74, 6) is 3.74. The van der Waals surface area contributed by atoms with Crippen molar-refractivity contribution in [2.24, 2.45) is 5.10 Å². The van der Waals surface area contributed by atoms with Gasteiger partial charge in [-0.2, -0.15) is 5.10 Å². The van der Waals surface area contributed by atoms with Gasteiger partial charge < -0.3 is 10.5 Å². The molecule has 4 N–H and O–H groups in total. The quantitative estimate of drug-likeness (QED) is 0.639. The summed E-state index contributed by atoms with van der Waals surface area (Å²) in [5.41, 5.74) is 14.0. The largest absolute Gasteiger partial charge is 0.486 e. The zero-order valence-electron chi connectivity index (χ0n) is 11.3. The van der Waals surface area contributed by atoms with Crippen molar-refractivity contribution < 1.29 is 4.74 Å². The third kappa shape index (κ3) is 2.23. The molecule has 0 fully saturated rings. The number of H-pyrrole nitrogens is 1. The predicted molar refractivity (Wildman–Crippen MR) is 84.4 cm³/mol. The van der Waals surface area contributed by atoms with Crippen LogP contribution in [0.4, 0.5) is 5.82 Å². The molecule has 3 aromatic heterocycles. The summed E-state index contributed by atoms with van der Waals surface area (Å²) in [6.07, 6.45) is 1.68. The number of nitrogens with zero attached hydrogens (tertiary/aromatic N) is 3. The van der Waals surface area contributed by atoms with Gasteiger partial charge in [0.2, 0.25) is 0 Å². The number of nitrogens with two attached hydrogens (primary N) is 1. The molecule has 0 amide bonds. The summed E-state index contributed by atoms with van der Waals surface area (Å²) >= 11 is 1.54. The van der Waals surface area contributed by atoms with E-state index in [0.717, 1.165) is 26.5 Å². The van der Waals surface area contributed by atoms with Crippen LogP contribution in [0.3, 0.4) is 0 Å². The molecule has 7 nitrogen and oxygen atoms in total. The first-order valence-electron chi connectivity index (χ1n) is 6.45. The van der Waals surface area contributed by atoms with Gasteiger partial charge in [0.15, 0.2) is 0 Å². The molecule has 1 aliphatic heterocycles. The molecule has 4 heterocycles. The average Bonchev–Trinajstić information content (AvgIpc) is 3.24. The molecule has 0 spiro atoms. The number of nitrogens with one attached hydrogen (secondary N) is 2. The smallest absolute Gasteiger partial charge is 0.142 e. The summed E-state index contributed by atoms with van der Waals surface area (Å²) in [6, 6.07) is 5.51. The molecule has 0 saturated heterocycles. The fourth-order valence-electron chi connectivity index (χ4n) is 2.08. The number of thiophene rings is 1. The van der Waals surface area contributed by atoms with E-state index in [9.17, 15) is 0 Å². The lowest BCUT2D eigenvalue weighted by Gasteiger charge is -2.06. The van der Waals surface area contributed by atoms with E-state index < -0.39 is 0 Å². The third-order valence-corrected chi connectivity index (χ3v) is 4.21. The fraction of sp³-hybridized carbons (Fsp3) is 0.0714. The van der Waals surface area contributed by atoms with Crippen LogP contribution in [0.15, 0.2) is 35.2 Å². The predicted octanol–water partition coefficient (Wildman–Crippen LogP) is 1.86. The van der Waals surface area contributed by atoms with Crippen molar-refractivity contribution in [2.75, 3.05) is 5.73 Å². The van der Waals surface area contributed by atoms with Crippen molar-refractivity contribution in [1.82, 2.24) is 20.6 Å². The maximum atomic E-state index is 5.86. The Morgan fingerprint density at radius 1 is 1.36 bits per heavy atom. The molecule has 0 unspecified atom stereocenters. The van der Waals surface area contributed by atoms with Crippen molar-refractivity contribution in [2.45, 2.75) is 6.61 Å². The summed E-state index contributed by atoms with van der Waals surface area (Å²) in [7, 11) is 0. The topological polar surface area (TPSA) is 101 Å². The summed E-state index contributed by atoms with van der Waals surface area (Å²) < 4.78 is 6.77. The number of nitrogen functional groups attached to an aromatic ring is 1. The van der Waals surface area contributed by atoms with Gasteiger partial charge in [-0.1, -0.05) is 0 Å². The van der Waals surface area contributed by atoms with Crippen LogP contribution < -0.4 is 15.9 Å². The molecule has 22 heavy (non-hydrogen) atoms. The Kier molecular flexibility index (Phi) is 2.91. The second kappa shape index (κ2) is 5.05. The van der Waals surface area contributed by atoms with Gasteiger partial charge in [0.25, 0.3) is 0 Å². The van der Waals surface area contributed by atoms with Crippen LogP contribution in [0.1, 0.15) is 10.6 Å². The minimum atomic E-state index is 0.385. The van der Waals surface area contributed by atoms with Gasteiger partial charge in [0.05, 0.1) is 26.7 Å². The highest BCUT2D eigenvalue weighted by Crippen LogP contribution is 2.36. The highest BCUT2D eigenvalue weighted by atomic mass is 32.1. The van der Waals surface area contributed by atoms with E-state index in [1.165, 1.54) is 11.3 Å². The lowest BCUT2D eigenvalue weighted by molar-refractivity contribution is 0.305. The third-order valence-electron chi connectivity index (χ3n) is 3.06. The van der Waals surface area contributed by atoms with Crippen molar-refractivity contribution in [3.05, 3.63) is 40.7 Å². The molecule has 108 valence electrons. The molecule has 0 saturated carbocycles. The fourth-order valence-corrected chi connectivity index (χ4v) is 3.09. The van der Waals surface area contributed by atoms with Crippen LogP contribution in [0.2, 0.25) is 0 Å².